The van der Waals surface area contributed by atoms with E-state index in [9.17, 15) is 9.67 Å². The molecular formula is C14H26N3O5P. The van der Waals surface area contributed by atoms with Crippen molar-refractivity contribution in [2.75, 3.05) is 19.8 Å². The van der Waals surface area contributed by atoms with E-state index in [-0.39, 0.29) is 12.8 Å². The molecule has 0 aromatic rings. The third-order valence-corrected chi connectivity index (χ3v) is 4.79. The molecule has 0 aromatic heterocycles. The van der Waals surface area contributed by atoms with Crippen molar-refractivity contribution in [1.82, 2.24) is 4.90 Å². The third kappa shape index (κ3) is 5.99. The Morgan fingerprint density at radius 2 is 2.30 bits per heavy atom. The summed E-state index contributed by atoms with van der Waals surface area (Å²) in [6.45, 7) is 2.97. The number of aliphatic hydroxyl groups is 1. The number of hydrogen-bond acceptors (Lipinski definition) is 7. The first kappa shape index (κ1) is 18.6. The fraction of sp³-hybridized carbons (Fsp3) is 0.786. The quantitative estimate of drug-likeness (QED) is 0.482. The van der Waals surface area contributed by atoms with Crippen LogP contribution in [-0.4, -0.2) is 54.5 Å². The number of hydrogen-bond donors (Lipinski definition) is 2. The van der Waals surface area contributed by atoms with Gasteiger partial charge in [0.25, 0.3) is 0 Å². The van der Waals surface area contributed by atoms with Crippen LogP contribution >= 0.6 is 7.75 Å². The lowest BCUT2D eigenvalue weighted by molar-refractivity contribution is -0.0523. The zero-order valence-corrected chi connectivity index (χ0v) is 14.3. The standard InChI is InChI=1S/C14H26N3O5P/c1-2-3-4-8-20-23(15,19)21-10-13-12(18)9-14(22-13)17-7-5-6-16-11-17/h5-6,11-14,18H,2-4,7-10H2,1H3,(H2,15,19)/t12-,13-,14-,23?/m1/s1. The molecule has 23 heavy (non-hydrogen) atoms. The van der Waals surface area contributed by atoms with Crippen molar-refractivity contribution in [1.29, 1.82) is 0 Å². The maximum Gasteiger partial charge on any atom is 0.402 e. The van der Waals surface area contributed by atoms with Gasteiger partial charge in [-0.05, 0) is 12.5 Å². The molecule has 2 heterocycles. The second-order valence-corrected chi connectivity index (χ2v) is 7.25. The van der Waals surface area contributed by atoms with Crippen molar-refractivity contribution in [2.24, 2.45) is 10.5 Å². The lowest BCUT2D eigenvalue weighted by atomic mass is 10.2. The fourth-order valence-corrected chi connectivity index (χ4v) is 3.23. The highest BCUT2D eigenvalue weighted by atomic mass is 31.2. The van der Waals surface area contributed by atoms with E-state index in [0.717, 1.165) is 19.3 Å². The highest BCUT2D eigenvalue weighted by Crippen LogP contribution is 2.40. The van der Waals surface area contributed by atoms with Crippen molar-refractivity contribution in [3.05, 3.63) is 12.3 Å². The Kier molecular flexibility index (Phi) is 7.20. The third-order valence-electron chi connectivity index (χ3n) is 3.73. The first-order valence-electron chi connectivity index (χ1n) is 7.97. The lowest BCUT2D eigenvalue weighted by Gasteiger charge is -2.26. The molecule has 0 spiro atoms. The summed E-state index contributed by atoms with van der Waals surface area (Å²) in [6, 6.07) is 0. The van der Waals surface area contributed by atoms with Crippen LogP contribution in [0.4, 0.5) is 0 Å². The van der Waals surface area contributed by atoms with Crippen molar-refractivity contribution in [3.8, 4) is 0 Å². The van der Waals surface area contributed by atoms with E-state index in [1.807, 2.05) is 11.0 Å². The minimum absolute atomic E-state index is 0.0694. The number of aliphatic hydroxyl groups excluding tert-OH is 1. The van der Waals surface area contributed by atoms with Gasteiger partial charge < -0.3 is 14.7 Å². The van der Waals surface area contributed by atoms with Crippen molar-refractivity contribution in [2.45, 2.75) is 51.0 Å². The molecule has 0 aliphatic carbocycles. The number of nitrogens with zero attached hydrogens (tertiary/aromatic N) is 2. The van der Waals surface area contributed by atoms with E-state index >= 15 is 0 Å². The Bertz CT molecular complexity index is 473. The summed E-state index contributed by atoms with van der Waals surface area (Å²) in [5.41, 5.74) is 5.53. The van der Waals surface area contributed by atoms with Crippen molar-refractivity contribution >= 4 is 14.1 Å². The molecule has 8 nitrogen and oxygen atoms in total. The molecule has 2 aliphatic heterocycles. The van der Waals surface area contributed by atoms with Crippen LogP contribution in [0.2, 0.25) is 0 Å². The number of unbranched alkanes of at least 4 members (excludes halogenated alkanes) is 2. The average Bonchev–Trinajstić information content (AvgIpc) is 2.92. The minimum atomic E-state index is -3.61. The predicted octanol–water partition coefficient (Wildman–Crippen LogP) is 1.61. The van der Waals surface area contributed by atoms with Gasteiger partial charge in [-0.2, -0.15) is 0 Å². The Balaban J connectivity index is 1.73. The summed E-state index contributed by atoms with van der Waals surface area (Å²) >= 11 is 0. The van der Waals surface area contributed by atoms with E-state index in [4.69, 9.17) is 19.3 Å². The molecule has 0 bridgehead atoms. The molecular weight excluding hydrogens is 321 g/mol. The van der Waals surface area contributed by atoms with Gasteiger partial charge in [-0.15, -0.1) is 0 Å². The van der Waals surface area contributed by atoms with E-state index in [1.165, 1.54) is 0 Å². The van der Waals surface area contributed by atoms with Crippen molar-refractivity contribution in [3.63, 3.8) is 0 Å². The van der Waals surface area contributed by atoms with E-state index < -0.39 is 20.0 Å². The second-order valence-electron chi connectivity index (χ2n) is 5.65. The van der Waals surface area contributed by atoms with Gasteiger partial charge in [0, 0.05) is 19.2 Å². The summed E-state index contributed by atoms with van der Waals surface area (Å²) in [4.78, 5) is 5.91. The van der Waals surface area contributed by atoms with Gasteiger partial charge >= 0.3 is 7.75 Å². The molecule has 2 rings (SSSR count). The maximum atomic E-state index is 12.0. The van der Waals surface area contributed by atoms with Gasteiger partial charge in [0.1, 0.15) is 12.3 Å². The van der Waals surface area contributed by atoms with Crippen LogP contribution in [0.1, 0.15) is 32.6 Å². The van der Waals surface area contributed by atoms with Gasteiger partial charge in [-0.3, -0.25) is 9.05 Å². The molecule has 4 atom stereocenters. The van der Waals surface area contributed by atoms with Gasteiger partial charge in [0.05, 0.1) is 25.7 Å². The number of rotatable bonds is 9. The van der Waals surface area contributed by atoms with Crippen molar-refractivity contribution < 1.29 is 23.5 Å². The van der Waals surface area contributed by atoms with Gasteiger partial charge in [0.15, 0.2) is 0 Å². The summed E-state index contributed by atoms with van der Waals surface area (Å²) in [7, 11) is -3.61. The number of ether oxygens (including phenoxy) is 1. The average molecular weight is 347 g/mol. The normalized spacial score (nSPS) is 29.9. The van der Waals surface area contributed by atoms with Crippen LogP contribution in [0.25, 0.3) is 0 Å². The maximum absolute atomic E-state index is 12.0. The molecule has 3 N–H and O–H groups in total. The highest BCUT2D eigenvalue weighted by Gasteiger charge is 2.38. The molecule has 0 amide bonds. The number of aliphatic imine (C=N–C) groups is 1. The Labute approximate surface area is 136 Å². The second kappa shape index (κ2) is 8.92. The van der Waals surface area contributed by atoms with E-state index in [1.54, 1.807) is 12.5 Å². The SMILES string of the molecule is CCCCCOP(N)(=O)OC[C@H]1O[C@@H](N2C=NC=CC2)C[C@H]1O. The molecule has 0 aromatic carbocycles. The summed E-state index contributed by atoms with van der Waals surface area (Å²) in [5.74, 6) is 0. The van der Waals surface area contributed by atoms with Gasteiger partial charge in [-0.1, -0.05) is 19.8 Å². The Hall–Kier alpha value is -0.760. The summed E-state index contributed by atoms with van der Waals surface area (Å²) in [5, 5.41) is 10.1. The molecule has 2 aliphatic rings. The molecule has 0 saturated carbocycles. The van der Waals surface area contributed by atoms with E-state index in [0.29, 0.717) is 19.6 Å². The molecule has 9 heteroatoms. The smallest absolute Gasteiger partial charge is 0.390 e. The zero-order valence-electron chi connectivity index (χ0n) is 13.4. The number of nitrogens with two attached hydrogens (primary N) is 1. The molecule has 1 fully saturated rings. The van der Waals surface area contributed by atoms with Crippen LogP contribution in [0.5, 0.6) is 0 Å². The van der Waals surface area contributed by atoms with Crippen LogP contribution < -0.4 is 5.50 Å². The molecule has 1 saturated heterocycles. The Morgan fingerprint density at radius 1 is 1.48 bits per heavy atom. The fourth-order valence-electron chi connectivity index (χ4n) is 2.42. The van der Waals surface area contributed by atoms with Crippen LogP contribution in [0.3, 0.4) is 0 Å². The Morgan fingerprint density at radius 3 is 3.00 bits per heavy atom. The molecule has 132 valence electrons. The van der Waals surface area contributed by atoms with Crippen LogP contribution in [0.15, 0.2) is 17.3 Å². The first-order chi connectivity index (χ1) is 11.0. The van der Waals surface area contributed by atoms with Crippen LogP contribution in [0, 0.1) is 0 Å². The minimum Gasteiger partial charge on any atom is -0.390 e. The van der Waals surface area contributed by atoms with Gasteiger partial charge in [-0.25, -0.2) is 15.1 Å². The zero-order chi connectivity index (χ0) is 16.7. The molecule has 0 radical (unpaired) electrons. The molecule has 1 unspecified atom stereocenters. The highest BCUT2D eigenvalue weighted by molar-refractivity contribution is 7.51. The van der Waals surface area contributed by atoms with Gasteiger partial charge in [0.2, 0.25) is 0 Å². The topological polar surface area (TPSA) is 107 Å². The van der Waals surface area contributed by atoms with Crippen LogP contribution in [-0.2, 0) is 18.3 Å². The van der Waals surface area contributed by atoms with E-state index in [2.05, 4.69) is 11.9 Å². The largest absolute Gasteiger partial charge is 0.402 e. The summed E-state index contributed by atoms with van der Waals surface area (Å²) < 4.78 is 28.0. The monoisotopic (exact) mass is 347 g/mol. The predicted molar refractivity (Wildman–Crippen MR) is 86.8 cm³/mol. The first-order valence-corrected chi connectivity index (χ1v) is 9.58. The lowest BCUT2D eigenvalue weighted by Crippen LogP contribution is -2.35. The summed E-state index contributed by atoms with van der Waals surface area (Å²) in [6.07, 6.45) is 6.94.